The van der Waals surface area contributed by atoms with Gasteiger partial charge in [-0.15, -0.1) is 0 Å². The maximum Gasteiger partial charge on any atom is 0.513 e. The predicted molar refractivity (Wildman–Crippen MR) is 143 cm³/mol. The van der Waals surface area contributed by atoms with Gasteiger partial charge in [0.15, 0.2) is 11.6 Å². The number of rotatable bonds is 7. The number of carbonyl (C=O) groups is 1. The lowest BCUT2D eigenvalue weighted by molar-refractivity contribution is 0.119. The van der Waals surface area contributed by atoms with Crippen molar-refractivity contribution >= 4 is 23.5 Å². The third kappa shape index (κ3) is 5.92. The third-order valence-corrected chi connectivity index (χ3v) is 6.50. The monoisotopic (exact) mass is 534 g/mol. The quantitative estimate of drug-likeness (QED) is 0.0975. The molecule has 0 aliphatic heterocycles. The highest BCUT2D eigenvalue weighted by atomic mass is 35.5. The topological polar surface area (TPSA) is 90.1 Å². The summed E-state index contributed by atoms with van der Waals surface area (Å²) in [5.41, 5.74) is 3.87. The van der Waals surface area contributed by atoms with E-state index in [1.807, 2.05) is 42.5 Å². The van der Waals surface area contributed by atoms with Crippen LogP contribution in [-0.2, 0) is 11.8 Å². The van der Waals surface area contributed by atoms with Crippen LogP contribution in [0.3, 0.4) is 0 Å². The average Bonchev–Trinajstić information content (AvgIpc) is 2.93. The van der Waals surface area contributed by atoms with E-state index >= 15 is 0 Å². The van der Waals surface area contributed by atoms with Crippen LogP contribution >= 0.6 is 11.6 Å². The van der Waals surface area contributed by atoms with E-state index in [0.29, 0.717) is 28.3 Å². The van der Waals surface area contributed by atoms with Gasteiger partial charge in [0.05, 0.1) is 12.8 Å². The zero-order chi connectivity index (χ0) is 27.2. The van der Waals surface area contributed by atoms with Crippen LogP contribution < -0.4 is 10.3 Å². The molecule has 38 heavy (non-hydrogen) atoms. The second-order valence-corrected chi connectivity index (χ2v) is 8.92. The fraction of sp³-hybridized carbons (Fsp3) is 0.138. The number of aryl methyl sites for hydroxylation is 1. The van der Waals surface area contributed by atoms with Gasteiger partial charge in [0.25, 0.3) is 0 Å². The van der Waals surface area contributed by atoms with Crippen LogP contribution in [0.4, 0.5) is 9.18 Å². The number of ether oxygens (including phenoxy) is 2. The summed E-state index contributed by atoms with van der Waals surface area (Å²) < 4.78 is 25.1. The normalized spacial score (nSPS) is 12.2. The highest BCUT2D eigenvalue weighted by molar-refractivity contribution is 6.31. The molecule has 1 atom stereocenters. The lowest BCUT2D eigenvalue weighted by Crippen LogP contribution is -2.18. The molecule has 0 amide bonds. The maximum atomic E-state index is 14.5. The predicted octanol–water partition coefficient (Wildman–Crippen LogP) is 6.39. The maximum absolute atomic E-state index is 14.5. The van der Waals surface area contributed by atoms with E-state index in [2.05, 4.69) is 9.89 Å². The fourth-order valence-corrected chi connectivity index (χ4v) is 4.41. The summed E-state index contributed by atoms with van der Waals surface area (Å²) in [6.45, 7) is 0. The van der Waals surface area contributed by atoms with Crippen molar-refractivity contribution in [1.29, 1.82) is 0 Å². The van der Waals surface area contributed by atoms with E-state index in [9.17, 15) is 19.2 Å². The number of methoxy groups -OCH3 is 1. The highest BCUT2D eigenvalue weighted by Crippen LogP contribution is 2.35. The first kappa shape index (κ1) is 26.6. The number of benzene rings is 3. The first-order chi connectivity index (χ1) is 18.3. The van der Waals surface area contributed by atoms with Gasteiger partial charge in [-0.05, 0) is 46.5 Å². The van der Waals surface area contributed by atoms with Gasteiger partial charge in [-0.3, -0.25) is 4.79 Å². The molecule has 0 radical (unpaired) electrons. The molecule has 0 bridgehead atoms. The van der Waals surface area contributed by atoms with Crippen molar-refractivity contribution < 1.29 is 23.9 Å². The molecule has 1 unspecified atom stereocenters. The Balaban J connectivity index is 1.67. The molecule has 7 nitrogen and oxygen atoms in total. The molecule has 0 fully saturated rings. The van der Waals surface area contributed by atoms with Crippen LogP contribution in [0.25, 0.3) is 11.1 Å². The lowest BCUT2D eigenvalue weighted by atomic mass is 9.85. The Bertz CT molecular complexity index is 1550. The summed E-state index contributed by atoms with van der Waals surface area (Å²) in [5, 5.41) is 13.9. The molecule has 1 aromatic heterocycles. The molecular weight excluding hydrogens is 511 g/mol. The number of nitrogens with zero attached hydrogens (tertiary/aromatic N) is 2. The Morgan fingerprint density at radius 3 is 2.39 bits per heavy atom. The van der Waals surface area contributed by atoms with Crippen molar-refractivity contribution in [1.82, 2.24) is 4.57 Å². The van der Waals surface area contributed by atoms with Crippen LogP contribution in [0.2, 0.25) is 5.02 Å². The standard InChI is InChI=1S/C29H24ClFN2O5/c1-33-17-21(12-14-28(33)34)26(32-36)16-23(22-5-3-4-6-24(22)30)19-9-7-18(8-10-19)20-11-13-27(25(31)15-20)38-29(35)37-2/h3-15,17,23,36H,16H2,1-2H3/b32-26+. The zero-order valence-electron chi connectivity index (χ0n) is 20.6. The summed E-state index contributed by atoms with van der Waals surface area (Å²) in [7, 11) is 2.77. The molecule has 0 aliphatic carbocycles. The zero-order valence-corrected chi connectivity index (χ0v) is 21.4. The minimum Gasteiger partial charge on any atom is -0.437 e. The van der Waals surface area contributed by atoms with Crippen LogP contribution in [0.15, 0.2) is 95.0 Å². The first-order valence-corrected chi connectivity index (χ1v) is 12.0. The van der Waals surface area contributed by atoms with Crippen LogP contribution in [0, 0.1) is 5.82 Å². The largest absolute Gasteiger partial charge is 0.513 e. The number of aromatic nitrogens is 1. The molecule has 4 aromatic rings. The number of oxime groups is 1. The summed E-state index contributed by atoms with van der Waals surface area (Å²) in [5.74, 6) is -1.22. The van der Waals surface area contributed by atoms with Gasteiger partial charge in [0, 0.05) is 42.2 Å². The fourth-order valence-electron chi connectivity index (χ4n) is 4.14. The second-order valence-electron chi connectivity index (χ2n) is 8.52. The van der Waals surface area contributed by atoms with Crippen molar-refractivity contribution in [2.24, 2.45) is 12.2 Å². The van der Waals surface area contributed by atoms with Gasteiger partial charge in [0.1, 0.15) is 0 Å². The van der Waals surface area contributed by atoms with E-state index in [1.54, 1.807) is 31.4 Å². The van der Waals surface area contributed by atoms with Gasteiger partial charge in [-0.1, -0.05) is 65.3 Å². The van der Waals surface area contributed by atoms with Gasteiger partial charge >= 0.3 is 6.16 Å². The van der Waals surface area contributed by atoms with Gasteiger partial charge < -0.3 is 19.2 Å². The van der Waals surface area contributed by atoms with Crippen molar-refractivity contribution in [2.75, 3.05) is 7.11 Å². The number of hydrogen-bond donors (Lipinski definition) is 1. The molecule has 0 saturated carbocycles. The second kappa shape index (κ2) is 11.7. The molecule has 4 rings (SSSR count). The molecule has 9 heteroatoms. The van der Waals surface area contributed by atoms with Crippen molar-refractivity contribution in [3.8, 4) is 16.9 Å². The SMILES string of the molecule is COC(=O)Oc1ccc(-c2ccc(C(C/C(=N\O)c3ccc(=O)n(C)c3)c3ccccc3Cl)cc2)cc1F. The summed E-state index contributed by atoms with van der Waals surface area (Å²) >= 11 is 6.56. The van der Waals surface area contributed by atoms with E-state index < -0.39 is 12.0 Å². The lowest BCUT2D eigenvalue weighted by Gasteiger charge is -2.21. The Kier molecular flexibility index (Phi) is 8.23. The number of pyridine rings is 1. The molecule has 1 N–H and O–H groups in total. The number of hydrogen-bond acceptors (Lipinski definition) is 6. The van der Waals surface area contributed by atoms with Crippen molar-refractivity contribution in [2.45, 2.75) is 12.3 Å². The minimum absolute atomic E-state index is 0.175. The van der Waals surface area contributed by atoms with Crippen LogP contribution in [0.5, 0.6) is 5.75 Å². The highest BCUT2D eigenvalue weighted by Gasteiger charge is 2.21. The van der Waals surface area contributed by atoms with Crippen molar-refractivity contribution in [3.05, 3.63) is 123 Å². The smallest absolute Gasteiger partial charge is 0.437 e. The van der Waals surface area contributed by atoms with E-state index in [1.165, 1.54) is 22.8 Å². The third-order valence-electron chi connectivity index (χ3n) is 6.16. The van der Waals surface area contributed by atoms with Gasteiger partial charge in [-0.2, -0.15) is 0 Å². The molecular formula is C29H24ClFN2O5. The van der Waals surface area contributed by atoms with E-state index in [-0.39, 0.29) is 17.2 Å². The summed E-state index contributed by atoms with van der Waals surface area (Å²) in [6, 6.07) is 22.2. The van der Waals surface area contributed by atoms with Crippen LogP contribution in [-0.4, -0.2) is 28.8 Å². The number of halogens is 2. The molecule has 0 saturated heterocycles. The Labute approximate surface area is 223 Å². The molecule has 194 valence electrons. The summed E-state index contributed by atoms with van der Waals surface area (Å²) in [6.07, 6.45) is 0.910. The van der Waals surface area contributed by atoms with Gasteiger partial charge in [0.2, 0.25) is 5.56 Å². The van der Waals surface area contributed by atoms with Crippen molar-refractivity contribution in [3.63, 3.8) is 0 Å². The average molecular weight is 535 g/mol. The Hall–Kier alpha value is -4.43. The number of carbonyl (C=O) groups excluding carboxylic acids is 1. The Morgan fingerprint density at radius 1 is 1.05 bits per heavy atom. The van der Waals surface area contributed by atoms with E-state index in [4.69, 9.17) is 16.3 Å². The van der Waals surface area contributed by atoms with Gasteiger partial charge in [-0.25, -0.2) is 9.18 Å². The van der Waals surface area contributed by atoms with E-state index in [0.717, 1.165) is 23.8 Å². The molecule has 3 aromatic carbocycles. The Morgan fingerprint density at radius 2 is 1.76 bits per heavy atom. The molecule has 0 spiro atoms. The summed E-state index contributed by atoms with van der Waals surface area (Å²) in [4.78, 5) is 23.1. The molecule has 1 heterocycles. The minimum atomic E-state index is -1.00. The molecule has 0 aliphatic rings. The van der Waals surface area contributed by atoms with Crippen LogP contribution in [0.1, 0.15) is 29.0 Å². The first-order valence-electron chi connectivity index (χ1n) is 11.6.